The Balaban J connectivity index is 1.60. The molecule has 0 spiro atoms. The Labute approximate surface area is 204 Å². The summed E-state index contributed by atoms with van der Waals surface area (Å²) in [6.07, 6.45) is 3.93. The molecule has 1 saturated heterocycles. The SMILES string of the molecule is Cc1cccc(-c2ccc(-c3cc4cnc(C)nc4n(CC4CCN(C)CC4)c3=O)c(Cl)c2)n1. The third kappa shape index (κ3) is 4.48. The number of aryl methyl sites for hydroxylation is 2. The molecule has 6 nitrogen and oxygen atoms in total. The van der Waals surface area contributed by atoms with Gasteiger partial charge in [0.05, 0.1) is 5.69 Å². The molecule has 3 aromatic heterocycles. The minimum absolute atomic E-state index is 0.0622. The number of pyridine rings is 2. The standard InChI is InChI=1S/C27H28ClN5O/c1-17-5-4-6-25(30-17)20-7-8-22(24(28)14-20)23-13-21-15-29-18(2)31-26(21)33(27(23)34)16-19-9-11-32(3)12-10-19/h4-8,13-15,19H,9-12,16H2,1-3H3. The Morgan fingerprint density at radius 2 is 1.82 bits per heavy atom. The molecule has 0 unspecified atom stereocenters. The molecule has 4 aromatic rings. The molecule has 7 heteroatoms. The quantitative estimate of drug-likeness (QED) is 0.411. The molecule has 0 aliphatic carbocycles. The van der Waals surface area contributed by atoms with Crippen LogP contribution in [0.15, 0.2) is 53.5 Å². The summed E-state index contributed by atoms with van der Waals surface area (Å²) >= 11 is 6.75. The Bertz CT molecular complexity index is 1420. The fourth-order valence-corrected chi connectivity index (χ4v) is 4.99. The summed E-state index contributed by atoms with van der Waals surface area (Å²) in [6.45, 7) is 6.56. The van der Waals surface area contributed by atoms with Crippen molar-refractivity contribution in [3.63, 3.8) is 0 Å². The van der Waals surface area contributed by atoms with Crippen LogP contribution < -0.4 is 5.56 Å². The van der Waals surface area contributed by atoms with E-state index >= 15 is 0 Å². The Morgan fingerprint density at radius 3 is 2.56 bits per heavy atom. The predicted octanol–water partition coefficient (Wildman–Crippen LogP) is 5.13. The van der Waals surface area contributed by atoms with E-state index in [1.54, 1.807) is 6.20 Å². The summed E-state index contributed by atoms with van der Waals surface area (Å²) in [6, 6.07) is 13.5. The summed E-state index contributed by atoms with van der Waals surface area (Å²) in [5, 5.41) is 1.37. The van der Waals surface area contributed by atoms with Crippen molar-refractivity contribution >= 4 is 22.6 Å². The van der Waals surface area contributed by atoms with Crippen LogP contribution in [0, 0.1) is 19.8 Å². The lowest BCUT2D eigenvalue weighted by atomic mass is 9.96. The van der Waals surface area contributed by atoms with Gasteiger partial charge in [0, 0.05) is 45.5 Å². The van der Waals surface area contributed by atoms with Gasteiger partial charge in [0.1, 0.15) is 11.5 Å². The van der Waals surface area contributed by atoms with Crippen molar-refractivity contribution in [3.8, 4) is 22.4 Å². The number of likely N-dealkylation sites (tertiary alicyclic amines) is 1. The number of hydrogen-bond acceptors (Lipinski definition) is 5. The average molecular weight is 474 g/mol. The first-order valence-electron chi connectivity index (χ1n) is 11.7. The summed E-state index contributed by atoms with van der Waals surface area (Å²) in [4.78, 5) is 29.8. The highest BCUT2D eigenvalue weighted by molar-refractivity contribution is 6.33. The van der Waals surface area contributed by atoms with Gasteiger partial charge in [0.25, 0.3) is 5.56 Å². The smallest absolute Gasteiger partial charge is 0.260 e. The molecule has 1 fully saturated rings. The van der Waals surface area contributed by atoms with E-state index in [0.717, 1.165) is 48.3 Å². The molecule has 34 heavy (non-hydrogen) atoms. The van der Waals surface area contributed by atoms with Gasteiger partial charge in [-0.3, -0.25) is 14.3 Å². The Morgan fingerprint density at radius 1 is 1.03 bits per heavy atom. The molecule has 4 heterocycles. The predicted molar refractivity (Wildman–Crippen MR) is 137 cm³/mol. The summed E-state index contributed by atoms with van der Waals surface area (Å²) in [5.41, 5.74) is 4.63. The molecule has 1 aliphatic heterocycles. The zero-order valence-electron chi connectivity index (χ0n) is 19.8. The molecule has 0 saturated carbocycles. The molecule has 1 aromatic carbocycles. The largest absolute Gasteiger partial charge is 0.306 e. The van der Waals surface area contributed by atoms with E-state index in [1.807, 2.05) is 60.9 Å². The van der Waals surface area contributed by atoms with Gasteiger partial charge in [0.2, 0.25) is 0 Å². The number of hydrogen-bond donors (Lipinski definition) is 0. The fourth-order valence-electron chi connectivity index (χ4n) is 4.71. The molecule has 1 aliphatic rings. The van der Waals surface area contributed by atoms with Crippen molar-refractivity contribution in [1.82, 2.24) is 24.4 Å². The van der Waals surface area contributed by atoms with E-state index < -0.39 is 0 Å². The first kappa shape index (κ1) is 22.7. The molecule has 0 atom stereocenters. The maximum Gasteiger partial charge on any atom is 0.260 e. The van der Waals surface area contributed by atoms with E-state index in [9.17, 15) is 4.79 Å². The lowest BCUT2D eigenvalue weighted by Gasteiger charge is -2.29. The molecular formula is C27H28ClN5O. The van der Waals surface area contributed by atoms with E-state index in [1.165, 1.54) is 0 Å². The number of piperidine rings is 1. The maximum absolute atomic E-state index is 13.8. The first-order chi connectivity index (χ1) is 16.4. The lowest BCUT2D eigenvalue weighted by Crippen LogP contribution is -2.34. The molecule has 0 bridgehead atoms. The van der Waals surface area contributed by atoms with Crippen LogP contribution in [0.5, 0.6) is 0 Å². The fraction of sp³-hybridized carbons (Fsp3) is 0.333. The van der Waals surface area contributed by atoms with Crippen LogP contribution in [0.3, 0.4) is 0 Å². The van der Waals surface area contributed by atoms with Crippen molar-refractivity contribution in [1.29, 1.82) is 0 Å². The van der Waals surface area contributed by atoms with Crippen LogP contribution >= 0.6 is 11.6 Å². The van der Waals surface area contributed by atoms with Crippen molar-refractivity contribution in [3.05, 3.63) is 75.6 Å². The number of benzene rings is 1. The van der Waals surface area contributed by atoms with Gasteiger partial charge in [0.15, 0.2) is 0 Å². The number of rotatable bonds is 4. The number of nitrogens with zero attached hydrogens (tertiary/aromatic N) is 5. The first-order valence-corrected chi connectivity index (χ1v) is 12.1. The minimum atomic E-state index is -0.0622. The highest BCUT2D eigenvalue weighted by Gasteiger charge is 2.21. The van der Waals surface area contributed by atoms with Gasteiger partial charge in [-0.25, -0.2) is 9.97 Å². The van der Waals surface area contributed by atoms with Gasteiger partial charge in [-0.15, -0.1) is 0 Å². The second kappa shape index (κ2) is 9.28. The molecule has 5 rings (SSSR count). The number of aromatic nitrogens is 4. The zero-order chi connectivity index (χ0) is 23.8. The zero-order valence-corrected chi connectivity index (χ0v) is 20.5. The van der Waals surface area contributed by atoms with Crippen molar-refractivity contribution in [2.75, 3.05) is 20.1 Å². The van der Waals surface area contributed by atoms with Crippen LogP contribution in [-0.2, 0) is 6.54 Å². The topological polar surface area (TPSA) is 63.9 Å². The van der Waals surface area contributed by atoms with Gasteiger partial charge in [-0.05, 0) is 77.0 Å². The van der Waals surface area contributed by atoms with E-state index in [0.29, 0.717) is 40.1 Å². The van der Waals surface area contributed by atoms with Crippen LogP contribution in [0.25, 0.3) is 33.4 Å². The lowest BCUT2D eigenvalue weighted by molar-refractivity contribution is 0.205. The van der Waals surface area contributed by atoms with Gasteiger partial charge in [-0.2, -0.15) is 0 Å². The normalized spacial score (nSPS) is 15.2. The van der Waals surface area contributed by atoms with Gasteiger partial charge in [-0.1, -0.05) is 29.8 Å². The van der Waals surface area contributed by atoms with Crippen LogP contribution in [0.1, 0.15) is 24.4 Å². The third-order valence-corrected chi connectivity index (χ3v) is 6.98. The van der Waals surface area contributed by atoms with Crippen LogP contribution in [0.4, 0.5) is 0 Å². The maximum atomic E-state index is 13.8. The number of fused-ring (bicyclic) bond motifs is 1. The van der Waals surface area contributed by atoms with Crippen LogP contribution in [0.2, 0.25) is 5.02 Å². The van der Waals surface area contributed by atoms with Crippen molar-refractivity contribution in [2.45, 2.75) is 33.2 Å². The van der Waals surface area contributed by atoms with Crippen LogP contribution in [-0.4, -0.2) is 44.6 Å². The van der Waals surface area contributed by atoms with E-state index in [-0.39, 0.29) is 5.56 Å². The van der Waals surface area contributed by atoms with E-state index in [2.05, 4.69) is 26.9 Å². The highest BCUT2D eigenvalue weighted by Crippen LogP contribution is 2.32. The third-order valence-electron chi connectivity index (χ3n) is 6.67. The average Bonchev–Trinajstić information content (AvgIpc) is 2.82. The molecular weight excluding hydrogens is 446 g/mol. The van der Waals surface area contributed by atoms with E-state index in [4.69, 9.17) is 11.6 Å². The van der Waals surface area contributed by atoms with Gasteiger partial charge < -0.3 is 4.90 Å². The Kier molecular flexibility index (Phi) is 6.19. The molecule has 0 radical (unpaired) electrons. The molecule has 0 amide bonds. The number of halogens is 1. The Hall–Kier alpha value is -3.09. The second-order valence-electron chi connectivity index (χ2n) is 9.28. The molecule has 0 N–H and O–H groups in total. The monoisotopic (exact) mass is 473 g/mol. The summed E-state index contributed by atoms with van der Waals surface area (Å²) in [5.74, 6) is 1.10. The second-order valence-corrected chi connectivity index (χ2v) is 9.68. The van der Waals surface area contributed by atoms with Crippen molar-refractivity contribution in [2.24, 2.45) is 5.92 Å². The summed E-state index contributed by atoms with van der Waals surface area (Å²) in [7, 11) is 2.15. The minimum Gasteiger partial charge on any atom is -0.306 e. The summed E-state index contributed by atoms with van der Waals surface area (Å²) < 4.78 is 1.84. The van der Waals surface area contributed by atoms with Crippen molar-refractivity contribution < 1.29 is 0 Å². The molecule has 174 valence electrons. The van der Waals surface area contributed by atoms with Gasteiger partial charge >= 0.3 is 0 Å². The highest BCUT2D eigenvalue weighted by atomic mass is 35.5.